The fraction of sp³-hybridized carbons (Fsp3) is 0.154. The number of pyridine rings is 1. The number of aryl methyl sites for hydroxylation is 4. The van der Waals surface area contributed by atoms with E-state index in [-0.39, 0.29) is 17.5 Å². The van der Waals surface area contributed by atoms with Crippen LogP contribution in [0, 0.1) is 19.7 Å². The van der Waals surface area contributed by atoms with Crippen molar-refractivity contribution >= 4 is 11.6 Å². The zero-order valence-electron chi connectivity index (χ0n) is 18.9. The molecule has 5 aromatic rings. The number of anilines is 1. The summed E-state index contributed by atoms with van der Waals surface area (Å²) < 4.78 is 16.4. The van der Waals surface area contributed by atoms with Gasteiger partial charge in [-0.05, 0) is 67.8 Å². The minimum Gasteiger partial charge on any atom is -0.369 e. The molecule has 0 fully saturated rings. The van der Waals surface area contributed by atoms with Crippen molar-refractivity contribution < 1.29 is 4.39 Å². The highest BCUT2D eigenvalue weighted by Crippen LogP contribution is 2.35. The lowest BCUT2D eigenvalue weighted by atomic mass is 9.99. The van der Waals surface area contributed by atoms with Crippen molar-refractivity contribution in [3.63, 3.8) is 0 Å². The number of benzene rings is 2. The SMILES string of the molecule is Cc1cc(-c2c(-c3ccc(F)cc3)nc(N)n3c(=O)n(CCc4ccccc4)nc23)cc(C)n1. The van der Waals surface area contributed by atoms with E-state index >= 15 is 0 Å². The third kappa shape index (κ3) is 3.94. The second kappa shape index (κ2) is 8.55. The molecular weight excluding hydrogens is 431 g/mol. The molecule has 170 valence electrons. The van der Waals surface area contributed by atoms with Gasteiger partial charge in [0.2, 0.25) is 5.95 Å². The number of rotatable bonds is 5. The third-order valence-electron chi connectivity index (χ3n) is 5.70. The Balaban J connectivity index is 1.75. The van der Waals surface area contributed by atoms with Crippen LogP contribution in [0.15, 0.2) is 71.5 Å². The molecule has 8 heteroatoms. The van der Waals surface area contributed by atoms with Gasteiger partial charge in [0, 0.05) is 17.0 Å². The summed E-state index contributed by atoms with van der Waals surface area (Å²) >= 11 is 0. The van der Waals surface area contributed by atoms with Crippen LogP contribution in [0.2, 0.25) is 0 Å². The highest BCUT2D eigenvalue weighted by Gasteiger charge is 2.22. The number of nitrogens with zero attached hydrogens (tertiary/aromatic N) is 5. The van der Waals surface area contributed by atoms with Crippen molar-refractivity contribution in [1.82, 2.24) is 24.1 Å². The van der Waals surface area contributed by atoms with Gasteiger partial charge in [0.25, 0.3) is 0 Å². The molecule has 0 amide bonds. The minimum absolute atomic E-state index is 0.0246. The smallest absolute Gasteiger partial charge is 0.353 e. The summed E-state index contributed by atoms with van der Waals surface area (Å²) in [5, 5.41) is 4.68. The molecule has 3 aromatic heterocycles. The highest BCUT2D eigenvalue weighted by atomic mass is 19.1. The summed E-state index contributed by atoms with van der Waals surface area (Å²) in [7, 11) is 0. The van der Waals surface area contributed by atoms with Crippen LogP contribution in [0.25, 0.3) is 28.0 Å². The van der Waals surface area contributed by atoms with Crippen molar-refractivity contribution in [2.24, 2.45) is 0 Å². The first-order valence-corrected chi connectivity index (χ1v) is 11.0. The normalized spacial score (nSPS) is 11.3. The molecular formula is C26H23FN6O. The first-order valence-electron chi connectivity index (χ1n) is 11.0. The molecule has 3 heterocycles. The van der Waals surface area contributed by atoms with Gasteiger partial charge in [0.05, 0.1) is 17.8 Å². The van der Waals surface area contributed by atoms with E-state index in [9.17, 15) is 9.18 Å². The van der Waals surface area contributed by atoms with Crippen molar-refractivity contribution in [1.29, 1.82) is 0 Å². The van der Waals surface area contributed by atoms with Crippen molar-refractivity contribution in [3.8, 4) is 22.4 Å². The van der Waals surface area contributed by atoms with E-state index in [4.69, 9.17) is 5.73 Å². The van der Waals surface area contributed by atoms with Gasteiger partial charge in [-0.1, -0.05) is 30.3 Å². The first kappa shape index (κ1) is 21.5. The van der Waals surface area contributed by atoms with E-state index in [0.29, 0.717) is 35.4 Å². The summed E-state index contributed by atoms with van der Waals surface area (Å²) in [5.74, 6) is -0.326. The molecule has 0 aliphatic carbocycles. The Labute approximate surface area is 195 Å². The van der Waals surface area contributed by atoms with Gasteiger partial charge < -0.3 is 5.73 Å². The molecule has 2 aromatic carbocycles. The van der Waals surface area contributed by atoms with E-state index < -0.39 is 0 Å². The van der Waals surface area contributed by atoms with Crippen LogP contribution >= 0.6 is 0 Å². The summed E-state index contributed by atoms with van der Waals surface area (Å²) in [6, 6.07) is 19.8. The van der Waals surface area contributed by atoms with Crippen LogP contribution in [0.1, 0.15) is 17.0 Å². The maximum absolute atomic E-state index is 13.6. The summed E-state index contributed by atoms with van der Waals surface area (Å²) in [6.45, 7) is 4.20. The van der Waals surface area contributed by atoms with Crippen molar-refractivity contribution in [2.45, 2.75) is 26.8 Å². The number of aromatic nitrogens is 5. The number of nitrogen functional groups attached to an aromatic ring is 1. The average molecular weight is 455 g/mol. The Hall–Kier alpha value is -4.33. The van der Waals surface area contributed by atoms with E-state index in [1.165, 1.54) is 21.2 Å². The van der Waals surface area contributed by atoms with E-state index in [1.54, 1.807) is 12.1 Å². The highest BCUT2D eigenvalue weighted by molar-refractivity contribution is 5.90. The molecule has 0 saturated carbocycles. The molecule has 7 nitrogen and oxygen atoms in total. The van der Waals surface area contributed by atoms with Crippen LogP contribution in [0.4, 0.5) is 10.3 Å². The van der Waals surface area contributed by atoms with Gasteiger partial charge in [-0.25, -0.2) is 23.3 Å². The van der Waals surface area contributed by atoms with Gasteiger partial charge in [0.15, 0.2) is 5.65 Å². The van der Waals surface area contributed by atoms with E-state index in [2.05, 4.69) is 15.1 Å². The molecule has 2 N–H and O–H groups in total. The Bertz CT molecular complexity index is 1530. The lowest BCUT2D eigenvalue weighted by Gasteiger charge is -2.13. The van der Waals surface area contributed by atoms with Gasteiger partial charge >= 0.3 is 5.69 Å². The van der Waals surface area contributed by atoms with Crippen LogP contribution < -0.4 is 11.4 Å². The number of nitrogens with two attached hydrogens (primary N) is 1. The fourth-order valence-electron chi connectivity index (χ4n) is 4.19. The first-order chi connectivity index (χ1) is 16.4. The number of hydrogen-bond acceptors (Lipinski definition) is 5. The van der Waals surface area contributed by atoms with E-state index in [0.717, 1.165) is 22.5 Å². The average Bonchev–Trinajstić information content (AvgIpc) is 3.14. The summed E-state index contributed by atoms with van der Waals surface area (Å²) in [4.78, 5) is 22.3. The largest absolute Gasteiger partial charge is 0.369 e. The topological polar surface area (TPSA) is 91.1 Å². The fourth-order valence-corrected chi connectivity index (χ4v) is 4.19. The Morgan fingerprint density at radius 3 is 2.26 bits per heavy atom. The molecule has 0 aliphatic rings. The van der Waals surface area contributed by atoms with Crippen LogP contribution in [-0.4, -0.2) is 24.1 Å². The maximum Gasteiger partial charge on any atom is 0.353 e. The molecule has 34 heavy (non-hydrogen) atoms. The number of halogens is 1. The zero-order chi connectivity index (χ0) is 23.8. The second-order valence-electron chi connectivity index (χ2n) is 8.24. The minimum atomic E-state index is -0.356. The molecule has 0 radical (unpaired) electrons. The lowest BCUT2D eigenvalue weighted by molar-refractivity contribution is 0.593. The number of hydrogen-bond donors (Lipinski definition) is 1. The predicted octanol–water partition coefficient (Wildman–Crippen LogP) is 4.20. The van der Waals surface area contributed by atoms with Crippen LogP contribution in [0.3, 0.4) is 0 Å². The third-order valence-corrected chi connectivity index (χ3v) is 5.70. The van der Waals surface area contributed by atoms with Crippen molar-refractivity contribution in [2.75, 3.05) is 5.73 Å². The van der Waals surface area contributed by atoms with Crippen LogP contribution in [0.5, 0.6) is 0 Å². The van der Waals surface area contributed by atoms with Crippen LogP contribution in [-0.2, 0) is 13.0 Å². The Morgan fingerprint density at radius 1 is 0.912 bits per heavy atom. The zero-order valence-corrected chi connectivity index (χ0v) is 18.9. The number of fused-ring (bicyclic) bond motifs is 1. The molecule has 0 atom stereocenters. The van der Waals surface area contributed by atoms with Gasteiger partial charge in [-0.15, -0.1) is 5.10 Å². The predicted molar refractivity (Wildman–Crippen MR) is 130 cm³/mol. The van der Waals surface area contributed by atoms with Gasteiger partial charge in [-0.3, -0.25) is 4.98 Å². The van der Waals surface area contributed by atoms with Gasteiger partial charge in [0.1, 0.15) is 5.82 Å². The second-order valence-corrected chi connectivity index (χ2v) is 8.24. The van der Waals surface area contributed by atoms with E-state index in [1.807, 2.05) is 56.3 Å². The van der Waals surface area contributed by atoms with Crippen molar-refractivity contribution in [3.05, 3.63) is 100.0 Å². The molecule has 0 spiro atoms. The summed E-state index contributed by atoms with van der Waals surface area (Å²) in [5.41, 5.74) is 11.7. The summed E-state index contributed by atoms with van der Waals surface area (Å²) in [6.07, 6.45) is 0.644. The Morgan fingerprint density at radius 2 is 1.59 bits per heavy atom. The standard InChI is InChI=1S/C26H23FN6O/c1-16-14-20(15-17(2)29-16)22-23(19-8-10-21(27)11-9-19)30-25(28)33-24(22)31-32(26(33)34)13-12-18-6-4-3-5-7-18/h3-11,14-15H,12-13H2,1-2H3,(H2,28,30). The molecule has 0 aliphatic heterocycles. The lowest BCUT2D eigenvalue weighted by Crippen LogP contribution is -2.24. The molecule has 0 unspecified atom stereocenters. The monoisotopic (exact) mass is 454 g/mol. The molecule has 5 rings (SSSR count). The maximum atomic E-state index is 13.6. The van der Waals surface area contributed by atoms with Gasteiger partial charge in [-0.2, -0.15) is 0 Å². The molecule has 0 bridgehead atoms. The Kier molecular flexibility index (Phi) is 5.41. The molecule has 0 saturated heterocycles. The quantitative estimate of drug-likeness (QED) is 0.430.